The monoisotopic (exact) mass is 531 g/mol. The number of Topliss-reactive ketones (excluding diaryl/α,β-unsaturated/α-hetero) is 1. The average Bonchev–Trinajstić information content (AvgIpc) is 2.90. The van der Waals surface area contributed by atoms with Gasteiger partial charge in [-0.05, 0) is 41.7 Å². The molecule has 0 saturated heterocycles. The van der Waals surface area contributed by atoms with Gasteiger partial charge in [-0.3, -0.25) is 9.59 Å². The molecule has 1 heterocycles. The second kappa shape index (κ2) is 11.2. The van der Waals surface area contributed by atoms with Crippen LogP contribution in [0.1, 0.15) is 48.5 Å². The second-order valence-corrected chi connectivity index (χ2v) is 10.9. The first-order valence-electron chi connectivity index (χ1n) is 12.1. The van der Waals surface area contributed by atoms with Gasteiger partial charge < -0.3 is 20.1 Å². The van der Waals surface area contributed by atoms with Crippen LogP contribution in [0.15, 0.2) is 70.4 Å². The average molecular weight is 532 g/mol. The number of ether oxygens (including phenoxy) is 2. The molecule has 0 spiro atoms. The van der Waals surface area contributed by atoms with Gasteiger partial charge in [0.25, 0.3) is 0 Å². The fourth-order valence-electron chi connectivity index (χ4n) is 4.82. The molecule has 1 amide bonds. The third-order valence-corrected chi connectivity index (χ3v) is 7.55. The van der Waals surface area contributed by atoms with E-state index in [0.717, 1.165) is 11.3 Å². The highest BCUT2D eigenvalue weighted by Crippen LogP contribution is 2.48. The minimum absolute atomic E-state index is 0.0125. The van der Waals surface area contributed by atoms with Crippen molar-refractivity contribution in [1.82, 2.24) is 5.32 Å². The SMILES string of the molecule is COC(=O)c1ccccc1NC(=O)CSC1=C(C#N)[C@H](c2ccc(OC)cc2)C2=C(CC(C)(C)CC2=O)N1. The van der Waals surface area contributed by atoms with Crippen molar-refractivity contribution in [2.75, 3.05) is 25.3 Å². The Morgan fingerprint density at radius 2 is 1.84 bits per heavy atom. The first-order chi connectivity index (χ1) is 18.2. The van der Waals surface area contributed by atoms with Gasteiger partial charge in [-0.25, -0.2) is 4.79 Å². The number of benzene rings is 2. The molecule has 0 radical (unpaired) electrons. The van der Waals surface area contributed by atoms with E-state index in [9.17, 15) is 19.6 Å². The van der Waals surface area contributed by atoms with Crippen molar-refractivity contribution in [2.24, 2.45) is 5.41 Å². The van der Waals surface area contributed by atoms with Crippen molar-refractivity contribution in [3.05, 3.63) is 81.5 Å². The molecule has 0 saturated carbocycles. The molecule has 196 valence electrons. The first-order valence-corrected chi connectivity index (χ1v) is 13.1. The summed E-state index contributed by atoms with van der Waals surface area (Å²) in [6, 6.07) is 16.2. The number of para-hydroxylation sites is 1. The van der Waals surface area contributed by atoms with Gasteiger partial charge >= 0.3 is 5.97 Å². The number of thioether (sulfide) groups is 1. The van der Waals surface area contributed by atoms with Gasteiger partial charge in [0.05, 0.1) is 53.8 Å². The van der Waals surface area contributed by atoms with Gasteiger partial charge in [0.15, 0.2) is 5.78 Å². The van der Waals surface area contributed by atoms with E-state index >= 15 is 0 Å². The number of nitriles is 1. The molecule has 9 heteroatoms. The number of methoxy groups -OCH3 is 2. The van der Waals surface area contributed by atoms with E-state index in [1.165, 1.54) is 18.9 Å². The summed E-state index contributed by atoms with van der Waals surface area (Å²) in [5, 5.41) is 16.8. The zero-order valence-corrected chi connectivity index (χ0v) is 22.5. The summed E-state index contributed by atoms with van der Waals surface area (Å²) in [7, 11) is 2.86. The molecule has 2 aliphatic rings. The molecule has 4 rings (SSSR count). The zero-order valence-electron chi connectivity index (χ0n) is 21.7. The van der Waals surface area contributed by atoms with Crippen LogP contribution in [0, 0.1) is 16.7 Å². The van der Waals surface area contributed by atoms with E-state index in [2.05, 4.69) is 16.7 Å². The Kier molecular flexibility index (Phi) is 7.93. The van der Waals surface area contributed by atoms with Crippen molar-refractivity contribution < 1.29 is 23.9 Å². The molecule has 38 heavy (non-hydrogen) atoms. The van der Waals surface area contributed by atoms with E-state index in [0.29, 0.717) is 40.5 Å². The van der Waals surface area contributed by atoms with Crippen molar-refractivity contribution in [3.8, 4) is 11.8 Å². The smallest absolute Gasteiger partial charge is 0.339 e. The molecule has 2 N–H and O–H groups in total. The van der Waals surface area contributed by atoms with Gasteiger partial charge in [-0.15, -0.1) is 0 Å². The summed E-state index contributed by atoms with van der Waals surface area (Å²) < 4.78 is 10.1. The van der Waals surface area contributed by atoms with Gasteiger partial charge in [0, 0.05) is 17.7 Å². The summed E-state index contributed by atoms with van der Waals surface area (Å²) in [4.78, 5) is 38.3. The van der Waals surface area contributed by atoms with Gasteiger partial charge in [0.2, 0.25) is 5.91 Å². The van der Waals surface area contributed by atoms with Crippen molar-refractivity contribution >= 4 is 35.1 Å². The zero-order chi connectivity index (χ0) is 27.4. The maximum atomic E-state index is 13.3. The minimum atomic E-state index is -0.552. The number of amides is 1. The molecule has 8 nitrogen and oxygen atoms in total. The van der Waals surface area contributed by atoms with Gasteiger partial charge in [-0.1, -0.05) is 49.9 Å². The highest BCUT2D eigenvalue weighted by molar-refractivity contribution is 8.03. The molecule has 2 aromatic rings. The number of dihydropyridines is 1. The number of anilines is 1. The van der Waals surface area contributed by atoms with E-state index in [1.807, 2.05) is 38.1 Å². The maximum absolute atomic E-state index is 13.3. The molecule has 0 fully saturated rings. The van der Waals surface area contributed by atoms with E-state index in [1.54, 1.807) is 31.4 Å². The number of carbonyl (C=O) groups is 3. The van der Waals surface area contributed by atoms with Crippen molar-refractivity contribution in [3.63, 3.8) is 0 Å². The van der Waals surface area contributed by atoms with Crippen LogP contribution in [0.5, 0.6) is 5.75 Å². The summed E-state index contributed by atoms with van der Waals surface area (Å²) in [6.07, 6.45) is 1.03. The Labute approximate surface area is 226 Å². The van der Waals surface area contributed by atoms with Gasteiger partial charge in [0.1, 0.15) is 5.75 Å². The quantitative estimate of drug-likeness (QED) is 0.484. The molecule has 0 bridgehead atoms. The van der Waals surface area contributed by atoms with E-state index in [-0.39, 0.29) is 28.4 Å². The van der Waals surface area contributed by atoms with E-state index < -0.39 is 11.9 Å². The fourth-order valence-corrected chi connectivity index (χ4v) is 5.69. The van der Waals surface area contributed by atoms with Crippen molar-refractivity contribution in [1.29, 1.82) is 5.26 Å². The van der Waals surface area contributed by atoms with Gasteiger partial charge in [-0.2, -0.15) is 5.26 Å². The second-order valence-electron chi connectivity index (χ2n) is 9.89. The Hall–Kier alpha value is -4.03. The number of hydrogen-bond acceptors (Lipinski definition) is 8. The lowest BCUT2D eigenvalue weighted by molar-refractivity contribution is -0.118. The fraction of sp³-hybridized carbons (Fsp3) is 0.310. The Morgan fingerprint density at radius 3 is 2.50 bits per heavy atom. The molecule has 1 aliphatic heterocycles. The molecular formula is C29H29N3O5S. The molecule has 2 aromatic carbocycles. The number of hydrogen-bond donors (Lipinski definition) is 2. The number of nitrogens with one attached hydrogen (secondary N) is 2. The van der Waals surface area contributed by atoms with Crippen LogP contribution in [-0.4, -0.2) is 37.6 Å². The molecule has 0 unspecified atom stereocenters. The number of nitrogens with zero attached hydrogens (tertiary/aromatic N) is 1. The standard InChI is InChI=1S/C29H29N3O5S/c1-29(2)13-22-26(23(33)14-29)25(17-9-11-18(36-3)12-10-17)20(15-30)27(32-22)38-16-24(34)31-21-8-6-5-7-19(21)28(35)37-4/h5-12,25,32H,13-14,16H2,1-4H3,(H,31,34)/t25-/m0/s1. The molecular weight excluding hydrogens is 502 g/mol. The number of rotatable bonds is 7. The summed E-state index contributed by atoms with van der Waals surface area (Å²) in [6.45, 7) is 4.09. The predicted molar refractivity (Wildman–Crippen MR) is 145 cm³/mol. The van der Waals surface area contributed by atoms with Crippen LogP contribution in [0.4, 0.5) is 5.69 Å². The highest BCUT2D eigenvalue weighted by Gasteiger charge is 2.42. The van der Waals surface area contributed by atoms with Crippen LogP contribution in [-0.2, 0) is 14.3 Å². The topological polar surface area (TPSA) is 118 Å². The maximum Gasteiger partial charge on any atom is 0.339 e. The molecule has 1 aliphatic carbocycles. The lowest BCUT2D eigenvalue weighted by Crippen LogP contribution is -2.37. The van der Waals surface area contributed by atoms with E-state index in [4.69, 9.17) is 9.47 Å². The third-order valence-electron chi connectivity index (χ3n) is 6.53. The van der Waals surface area contributed by atoms with Crippen LogP contribution in [0.2, 0.25) is 0 Å². The van der Waals surface area contributed by atoms with Crippen LogP contribution >= 0.6 is 11.8 Å². The van der Waals surface area contributed by atoms with Crippen LogP contribution in [0.25, 0.3) is 0 Å². The number of ketones is 1. The largest absolute Gasteiger partial charge is 0.497 e. The minimum Gasteiger partial charge on any atom is -0.497 e. The predicted octanol–water partition coefficient (Wildman–Crippen LogP) is 4.92. The lowest BCUT2D eigenvalue weighted by atomic mass is 9.69. The molecule has 0 aromatic heterocycles. The summed E-state index contributed by atoms with van der Waals surface area (Å²) in [5.74, 6) is -0.774. The number of esters is 1. The highest BCUT2D eigenvalue weighted by atomic mass is 32.2. The Morgan fingerprint density at radius 1 is 1.13 bits per heavy atom. The van der Waals surface area contributed by atoms with Crippen molar-refractivity contribution in [2.45, 2.75) is 32.6 Å². The summed E-state index contributed by atoms with van der Waals surface area (Å²) in [5.41, 5.74) is 2.93. The Bertz CT molecular complexity index is 1390. The lowest BCUT2D eigenvalue weighted by Gasteiger charge is -2.39. The number of carbonyl (C=O) groups excluding carboxylic acids is 3. The molecule has 1 atom stereocenters. The van der Waals surface area contributed by atoms with Crippen LogP contribution in [0.3, 0.4) is 0 Å². The summed E-state index contributed by atoms with van der Waals surface area (Å²) >= 11 is 1.19. The Balaban J connectivity index is 1.64. The van der Waals surface area contributed by atoms with Crippen LogP contribution < -0.4 is 15.4 Å². The number of allylic oxidation sites excluding steroid dienone is 3. The normalized spacial score (nSPS) is 18.2. The first kappa shape index (κ1) is 27.0. The third kappa shape index (κ3) is 5.60.